The van der Waals surface area contributed by atoms with Crippen molar-refractivity contribution in [1.29, 1.82) is 0 Å². The van der Waals surface area contributed by atoms with Crippen LogP contribution in [-0.2, 0) is 15.1 Å². The van der Waals surface area contributed by atoms with Crippen molar-refractivity contribution >= 4 is 35.1 Å². The summed E-state index contributed by atoms with van der Waals surface area (Å²) < 4.78 is 5.18. The van der Waals surface area contributed by atoms with E-state index in [1.165, 1.54) is 0 Å². The van der Waals surface area contributed by atoms with Crippen LogP contribution < -0.4 is 20.3 Å². The molecule has 4 amide bonds. The van der Waals surface area contributed by atoms with Crippen LogP contribution in [0.5, 0.6) is 5.75 Å². The Balaban J connectivity index is 1.42. The largest absolute Gasteiger partial charge is 0.497 e. The normalized spacial score (nSPS) is 20.5. The van der Waals surface area contributed by atoms with Crippen LogP contribution in [0.15, 0.2) is 42.5 Å². The number of piperazine rings is 1. The molecule has 4 rings (SSSR count). The van der Waals surface area contributed by atoms with Crippen molar-refractivity contribution < 1.29 is 19.1 Å². The van der Waals surface area contributed by atoms with Gasteiger partial charge in [0, 0.05) is 43.3 Å². The van der Waals surface area contributed by atoms with Crippen molar-refractivity contribution in [3.05, 3.63) is 58.6 Å². The predicted octanol–water partition coefficient (Wildman–Crippen LogP) is 2.82. The van der Waals surface area contributed by atoms with Gasteiger partial charge < -0.3 is 19.9 Å². The van der Waals surface area contributed by atoms with Gasteiger partial charge in [-0.3, -0.25) is 14.9 Å². The summed E-state index contributed by atoms with van der Waals surface area (Å²) >= 11 is 6.16. The van der Waals surface area contributed by atoms with Crippen molar-refractivity contribution in [2.75, 3.05) is 38.2 Å². The first-order valence-corrected chi connectivity index (χ1v) is 11.3. The fraction of sp³-hybridized carbons (Fsp3) is 0.375. The summed E-state index contributed by atoms with van der Waals surface area (Å²) in [7, 11) is 1.56. The number of hydrogen-bond donors (Lipinski definition) is 2. The lowest BCUT2D eigenvalue weighted by Gasteiger charge is -2.37. The topological polar surface area (TPSA) is 91.0 Å². The highest BCUT2D eigenvalue weighted by atomic mass is 35.5. The minimum Gasteiger partial charge on any atom is -0.497 e. The minimum absolute atomic E-state index is 0.0423. The lowest BCUT2D eigenvalue weighted by atomic mass is 9.85. The zero-order chi connectivity index (χ0) is 23.6. The van der Waals surface area contributed by atoms with Gasteiger partial charge >= 0.3 is 6.03 Å². The Morgan fingerprint density at radius 3 is 2.39 bits per heavy atom. The van der Waals surface area contributed by atoms with Crippen LogP contribution in [0, 0.1) is 6.92 Å². The number of benzene rings is 2. The number of nitrogens with zero attached hydrogens (tertiary/aromatic N) is 2. The van der Waals surface area contributed by atoms with Gasteiger partial charge in [-0.15, -0.1) is 0 Å². The maximum atomic E-state index is 13.0. The Hall–Kier alpha value is -3.26. The van der Waals surface area contributed by atoms with Crippen LogP contribution in [0.2, 0.25) is 5.02 Å². The predicted molar refractivity (Wildman–Crippen MR) is 126 cm³/mol. The molecule has 2 aliphatic heterocycles. The van der Waals surface area contributed by atoms with Crippen molar-refractivity contribution in [3.8, 4) is 5.75 Å². The van der Waals surface area contributed by atoms with Crippen LogP contribution in [0.25, 0.3) is 0 Å². The Morgan fingerprint density at radius 2 is 1.79 bits per heavy atom. The maximum Gasteiger partial charge on any atom is 0.322 e. The van der Waals surface area contributed by atoms with Crippen molar-refractivity contribution in [2.45, 2.75) is 25.3 Å². The highest BCUT2D eigenvalue weighted by molar-refractivity contribution is 6.30. The molecular formula is C24H27ClN4O4. The molecule has 2 fully saturated rings. The van der Waals surface area contributed by atoms with Gasteiger partial charge in [-0.1, -0.05) is 29.8 Å². The number of carbonyl (C=O) groups excluding carboxylic acids is 3. The molecule has 1 atom stereocenters. The number of amides is 4. The van der Waals surface area contributed by atoms with Crippen LogP contribution >= 0.6 is 11.6 Å². The molecule has 174 valence electrons. The van der Waals surface area contributed by atoms with Crippen molar-refractivity contribution in [3.63, 3.8) is 0 Å². The second kappa shape index (κ2) is 9.31. The molecule has 2 aliphatic rings. The smallest absolute Gasteiger partial charge is 0.322 e. The van der Waals surface area contributed by atoms with Gasteiger partial charge in [0.2, 0.25) is 5.91 Å². The number of hydrogen-bond acceptors (Lipinski definition) is 5. The number of anilines is 1. The van der Waals surface area contributed by atoms with Crippen LogP contribution in [-0.4, -0.2) is 56.0 Å². The van der Waals surface area contributed by atoms with E-state index in [0.717, 1.165) is 11.3 Å². The van der Waals surface area contributed by atoms with Gasteiger partial charge in [0.05, 0.1) is 7.11 Å². The third kappa shape index (κ3) is 4.61. The number of halogens is 1. The molecule has 2 saturated heterocycles. The summed E-state index contributed by atoms with van der Waals surface area (Å²) in [5, 5.41) is 5.74. The molecule has 0 radical (unpaired) electrons. The summed E-state index contributed by atoms with van der Waals surface area (Å²) in [6, 6.07) is 12.2. The van der Waals surface area contributed by atoms with E-state index in [4.69, 9.17) is 16.3 Å². The molecule has 2 N–H and O–H groups in total. The molecule has 2 heterocycles. The van der Waals surface area contributed by atoms with E-state index in [2.05, 4.69) is 15.5 Å². The number of imide groups is 1. The zero-order valence-electron chi connectivity index (χ0n) is 18.7. The molecule has 0 bridgehead atoms. The second-order valence-electron chi connectivity index (χ2n) is 8.34. The Labute approximate surface area is 197 Å². The number of rotatable bonds is 6. The summed E-state index contributed by atoms with van der Waals surface area (Å²) in [5.74, 6) is 0.147. The number of carbonyl (C=O) groups is 3. The number of ether oxygens (including phenoxy) is 1. The van der Waals surface area contributed by atoms with Gasteiger partial charge in [-0.25, -0.2) is 4.79 Å². The van der Waals surface area contributed by atoms with Crippen LogP contribution in [0.1, 0.15) is 24.0 Å². The van der Waals surface area contributed by atoms with E-state index < -0.39 is 17.5 Å². The van der Waals surface area contributed by atoms with E-state index in [1.54, 1.807) is 31.4 Å². The molecule has 0 aliphatic carbocycles. The highest BCUT2D eigenvalue weighted by Crippen LogP contribution is 2.32. The molecule has 0 unspecified atom stereocenters. The molecule has 9 heteroatoms. The number of nitrogens with one attached hydrogen (secondary N) is 2. The van der Waals surface area contributed by atoms with E-state index in [-0.39, 0.29) is 18.7 Å². The fourth-order valence-electron chi connectivity index (χ4n) is 4.46. The third-order valence-electron chi connectivity index (χ3n) is 6.38. The summed E-state index contributed by atoms with van der Waals surface area (Å²) in [6.45, 7) is 4.61. The van der Waals surface area contributed by atoms with E-state index in [0.29, 0.717) is 42.5 Å². The van der Waals surface area contributed by atoms with E-state index in [9.17, 15) is 14.4 Å². The van der Waals surface area contributed by atoms with E-state index >= 15 is 0 Å². The summed E-state index contributed by atoms with van der Waals surface area (Å²) in [6.07, 6.45) is 0.305. The second-order valence-corrected chi connectivity index (χ2v) is 8.78. The first-order chi connectivity index (χ1) is 15.8. The Bertz CT molecular complexity index is 1070. The number of aryl methyl sites for hydroxylation is 1. The SMILES string of the molecule is COc1ccc([C@]2(CCC(=O)N3CCN(c4cc(Cl)ccc4C)CC3)NC(=O)NC2=O)cc1. The third-order valence-corrected chi connectivity index (χ3v) is 6.62. The quantitative estimate of drug-likeness (QED) is 0.633. The lowest BCUT2D eigenvalue weighted by Crippen LogP contribution is -2.50. The van der Waals surface area contributed by atoms with Gasteiger partial charge in [0.1, 0.15) is 11.3 Å². The average Bonchev–Trinajstić information content (AvgIpc) is 3.13. The Kier molecular flexibility index (Phi) is 6.47. The molecule has 0 aromatic heterocycles. The van der Waals surface area contributed by atoms with Crippen molar-refractivity contribution in [2.24, 2.45) is 0 Å². The molecule has 33 heavy (non-hydrogen) atoms. The first kappa shape index (κ1) is 22.9. The Morgan fingerprint density at radius 1 is 1.09 bits per heavy atom. The van der Waals surface area contributed by atoms with Crippen molar-refractivity contribution in [1.82, 2.24) is 15.5 Å². The first-order valence-electron chi connectivity index (χ1n) is 10.9. The number of methoxy groups -OCH3 is 1. The minimum atomic E-state index is -1.28. The fourth-order valence-corrected chi connectivity index (χ4v) is 4.63. The van der Waals surface area contributed by atoms with E-state index in [1.807, 2.05) is 30.0 Å². The molecule has 2 aromatic carbocycles. The molecule has 0 spiro atoms. The standard InChI is InChI=1S/C24H27ClN4O4/c1-16-3-6-18(25)15-20(16)28-11-13-29(14-12-28)21(30)9-10-24(22(31)26-23(32)27-24)17-4-7-19(33-2)8-5-17/h3-8,15H,9-14H2,1-2H3,(H2,26,27,31,32)/t24-/m0/s1. The molecule has 8 nitrogen and oxygen atoms in total. The van der Waals surface area contributed by atoms with Gasteiger partial charge in [-0.05, 0) is 48.7 Å². The summed E-state index contributed by atoms with van der Waals surface area (Å²) in [4.78, 5) is 41.7. The highest BCUT2D eigenvalue weighted by Gasteiger charge is 2.47. The molecule has 2 aromatic rings. The maximum absolute atomic E-state index is 13.0. The van der Waals surface area contributed by atoms with Gasteiger partial charge in [0.15, 0.2) is 0 Å². The monoisotopic (exact) mass is 470 g/mol. The molecule has 0 saturated carbocycles. The average molecular weight is 471 g/mol. The summed E-state index contributed by atoms with van der Waals surface area (Å²) in [5.41, 5.74) is 1.56. The van der Waals surface area contributed by atoms with Gasteiger partial charge in [0.25, 0.3) is 5.91 Å². The number of urea groups is 1. The lowest BCUT2D eigenvalue weighted by molar-refractivity contribution is -0.132. The van der Waals surface area contributed by atoms with Crippen LogP contribution in [0.4, 0.5) is 10.5 Å². The van der Waals surface area contributed by atoms with Crippen LogP contribution in [0.3, 0.4) is 0 Å². The van der Waals surface area contributed by atoms with Gasteiger partial charge in [-0.2, -0.15) is 0 Å². The zero-order valence-corrected chi connectivity index (χ0v) is 19.4. The molecular weight excluding hydrogens is 444 g/mol.